The molecule has 0 saturated carbocycles. The summed E-state index contributed by atoms with van der Waals surface area (Å²) in [5, 5.41) is 24.8. The van der Waals surface area contributed by atoms with Crippen LogP contribution < -0.4 is 15.8 Å². The average Bonchev–Trinajstić information content (AvgIpc) is 3.34. The molecule has 32 heavy (non-hydrogen) atoms. The Kier molecular flexibility index (Phi) is 6.99. The summed E-state index contributed by atoms with van der Waals surface area (Å²) in [6.07, 6.45) is -0.920. The number of aromatic nitrogens is 4. The molecule has 4 rings (SSSR count). The van der Waals surface area contributed by atoms with Crippen molar-refractivity contribution in [2.45, 2.75) is 42.3 Å². The number of nitrogen functional groups attached to an aromatic ring is 1. The van der Waals surface area contributed by atoms with Crippen molar-refractivity contribution >= 4 is 39.0 Å². The van der Waals surface area contributed by atoms with Crippen molar-refractivity contribution in [1.29, 1.82) is 0 Å². The topological polar surface area (TPSA) is 158 Å². The number of hydrogen-bond donors (Lipinski definition) is 4. The Labute approximate surface area is 191 Å². The number of imidazole rings is 1. The molecule has 1 saturated heterocycles. The number of nitrogens with two attached hydrogens (primary N) is 1. The van der Waals surface area contributed by atoms with Crippen LogP contribution >= 0.6 is 0 Å². The van der Waals surface area contributed by atoms with Crippen LogP contribution in [-0.4, -0.2) is 82.6 Å². The predicted molar refractivity (Wildman–Crippen MR) is 115 cm³/mol. The van der Waals surface area contributed by atoms with Crippen LogP contribution in [0.15, 0.2) is 43.0 Å². The summed E-state index contributed by atoms with van der Waals surface area (Å²) in [4.78, 5) is 24.8. The number of aliphatic hydroxyl groups is 2. The molecule has 2 aromatic heterocycles. The Morgan fingerprint density at radius 1 is 1.25 bits per heavy atom. The summed E-state index contributed by atoms with van der Waals surface area (Å²) < 4.78 is 12.8. The number of nitrogens with one attached hydrogen (secondary N) is 1. The first kappa shape index (κ1) is 22.6. The van der Waals surface area contributed by atoms with E-state index in [9.17, 15) is 15.0 Å². The van der Waals surface area contributed by atoms with Gasteiger partial charge in [-0.25, -0.2) is 4.98 Å². The van der Waals surface area contributed by atoms with Crippen LogP contribution in [0.3, 0.4) is 0 Å². The Balaban J connectivity index is 1.43. The van der Waals surface area contributed by atoms with Crippen LogP contribution in [0.25, 0.3) is 11.2 Å². The van der Waals surface area contributed by atoms with Gasteiger partial charge in [0.2, 0.25) is 0 Å². The molecule has 1 fully saturated rings. The SMILES string of the molecule is Nc1ncnc2c1ncn2[C@@H]1O[C@H](CN[C@@H](CC[Se])C(=O)Oc2ccccc2)[C@@H](O)[C@H]1O. The molecular formula is C20H23N6O5Se. The summed E-state index contributed by atoms with van der Waals surface area (Å²) in [7, 11) is 0. The summed E-state index contributed by atoms with van der Waals surface area (Å²) in [5.41, 5.74) is 6.57. The number of carbonyl (C=O) groups is 1. The molecule has 0 bridgehead atoms. The van der Waals surface area contributed by atoms with Crippen molar-refractivity contribution in [2.24, 2.45) is 0 Å². The number of para-hydroxylation sites is 1. The van der Waals surface area contributed by atoms with Crippen LogP contribution in [0.1, 0.15) is 12.6 Å². The van der Waals surface area contributed by atoms with E-state index < -0.39 is 36.6 Å². The van der Waals surface area contributed by atoms with Crippen molar-refractivity contribution < 1.29 is 24.5 Å². The van der Waals surface area contributed by atoms with Gasteiger partial charge >= 0.3 is 181 Å². The zero-order valence-corrected chi connectivity index (χ0v) is 18.7. The summed E-state index contributed by atoms with van der Waals surface area (Å²) in [6.45, 7) is 0.118. The monoisotopic (exact) mass is 507 g/mol. The minimum atomic E-state index is -1.23. The molecule has 12 heteroatoms. The number of anilines is 1. The summed E-state index contributed by atoms with van der Waals surface area (Å²) in [6, 6.07) is 8.17. The normalized spacial score (nSPS) is 24.0. The number of ether oxygens (including phenoxy) is 2. The van der Waals surface area contributed by atoms with Gasteiger partial charge in [0.1, 0.15) is 0 Å². The van der Waals surface area contributed by atoms with Crippen molar-refractivity contribution in [3.63, 3.8) is 0 Å². The van der Waals surface area contributed by atoms with Crippen LogP contribution in [0.5, 0.6) is 5.75 Å². The quantitative estimate of drug-likeness (QED) is 0.180. The Bertz CT molecular complexity index is 1070. The van der Waals surface area contributed by atoms with E-state index in [1.807, 2.05) is 6.07 Å². The van der Waals surface area contributed by atoms with E-state index in [1.54, 1.807) is 24.3 Å². The van der Waals surface area contributed by atoms with E-state index in [0.29, 0.717) is 28.7 Å². The molecule has 1 aromatic carbocycles. The second-order valence-corrected chi connectivity index (χ2v) is 8.17. The van der Waals surface area contributed by atoms with Gasteiger partial charge < -0.3 is 5.73 Å². The number of hydrogen-bond acceptors (Lipinski definition) is 10. The summed E-state index contributed by atoms with van der Waals surface area (Å²) in [5.74, 6) is 0.213. The van der Waals surface area contributed by atoms with Gasteiger partial charge in [0, 0.05) is 0 Å². The number of carbonyl (C=O) groups excluding carboxylic acids is 1. The number of nitrogens with zero attached hydrogens (tertiary/aromatic N) is 4. The van der Waals surface area contributed by atoms with E-state index in [2.05, 4.69) is 36.3 Å². The van der Waals surface area contributed by atoms with Crippen LogP contribution in [0, 0.1) is 0 Å². The molecule has 0 unspecified atom stereocenters. The first-order chi connectivity index (χ1) is 15.5. The molecular weight excluding hydrogens is 483 g/mol. The third-order valence-corrected chi connectivity index (χ3v) is 5.71. The van der Waals surface area contributed by atoms with E-state index in [1.165, 1.54) is 17.2 Å². The molecule has 1 aliphatic rings. The third kappa shape index (κ3) is 4.60. The standard InChI is InChI=1S/C20H23N6O5Se/c21-17-14-18(24-9-23-17)26(10-25-14)19-16(28)15(27)13(31-19)8-22-12(6-7-32)20(29)30-11-4-2-1-3-5-11/h1-5,9-10,12-13,15-16,19,22,27-28H,6-8H2,(H2,21,23,24)/t12-,13+,15+,16+,19+/m0/s1. The van der Waals surface area contributed by atoms with Crippen LogP contribution in [-0.2, 0) is 9.53 Å². The average molecular weight is 506 g/mol. The molecule has 11 nitrogen and oxygen atoms in total. The second-order valence-electron chi connectivity index (χ2n) is 7.32. The number of rotatable bonds is 8. The Hall–Kier alpha value is -2.60. The number of aliphatic hydroxyl groups excluding tert-OH is 2. The molecule has 169 valence electrons. The van der Waals surface area contributed by atoms with E-state index in [0.717, 1.165) is 0 Å². The van der Waals surface area contributed by atoms with Crippen LogP contribution in [0.4, 0.5) is 5.82 Å². The Morgan fingerprint density at radius 2 is 2.03 bits per heavy atom. The predicted octanol–water partition coefficient (Wildman–Crippen LogP) is -0.432. The number of esters is 1. The fraction of sp³-hybridized carbons (Fsp3) is 0.400. The van der Waals surface area contributed by atoms with Crippen molar-refractivity contribution in [1.82, 2.24) is 24.8 Å². The molecule has 3 aromatic rings. The molecule has 1 aliphatic heterocycles. The van der Waals surface area contributed by atoms with Gasteiger partial charge in [-0.05, 0) is 0 Å². The molecule has 0 spiro atoms. The van der Waals surface area contributed by atoms with Gasteiger partial charge in [-0.3, -0.25) is 0 Å². The first-order valence-corrected chi connectivity index (χ1v) is 11.2. The molecule has 0 aliphatic carbocycles. The fourth-order valence-corrected chi connectivity index (χ4v) is 4.03. The van der Waals surface area contributed by atoms with E-state index in [-0.39, 0.29) is 12.4 Å². The van der Waals surface area contributed by atoms with Gasteiger partial charge in [0.25, 0.3) is 0 Å². The zero-order chi connectivity index (χ0) is 22.7. The van der Waals surface area contributed by atoms with Crippen molar-refractivity contribution in [3.05, 3.63) is 43.0 Å². The first-order valence-electron chi connectivity index (χ1n) is 10.0. The van der Waals surface area contributed by atoms with Gasteiger partial charge in [-0.15, -0.1) is 0 Å². The van der Waals surface area contributed by atoms with Gasteiger partial charge in [0.15, 0.2) is 0 Å². The summed E-state index contributed by atoms with van der Waals surface area (Å²) >= 11 is 2.88. The van der Waals surface area contributed by atoms with Crippen LogP contribution in [0.2, 0.25) is 5.32 Å². The molecule has 0 amide bonds. The van der Waals surface area contributed by atoms with Gasteiger partial charge in [-0.2, -0.15) is 0 Å². The fourth-order valence-electron chi connectivity index (χ4n) is 3.54. The third-order valence-electron chi connectivity index (χ3n) is 5.22. The van der Waals surface area contributed by atoms with Crippen molar-refractivity contribution in [3.8, 4) is 5.75 Å². The zero-order valence-electron chi connectivity index (χ0n) is 16.9. The minimum absolute atomic E-state index is 0.118. The Morgan fingerprint density at radius 3 is 2.78 bits per heavy atom. The van der Waals surface area contributed by atoms with E-state index in [4.69, 9.17) is 15.2 Å². The molecule has 5 N–H and O–H groups in total. The van der Waals surface area contributed by atoms with Crippen molar-refractivity contribution in [2.75, 3.05) is 12.3 Å². The van der Waals surface area contributed by atoms with Gasteiger partial charge in [-0.1, -0.05) is 0 Å². The molecule has 3 heterocycles. The molecule has 5 atom stereocenters. The maximum absolute atomic E-state index is 12.6. The van der Waals surface area contributed by atoms with E-state index >= 15 is 0 Å². The van der Waals surface area contributed by atoms with Gasteiger partial charge in [0.05, 0.1) is 0 Å². The number of fused-ring (bicyclic) bond motifs is 1. The molecule has 1 radical (unpaired) electrons. The number of benzene rings is 1. The maximum atomic E-state index is 12.6. The second kappa shape index (κ2) is 9.90.